The van der Waals surface area contributed by atoms with Gasteiger partial charge in [0.1, 0.15) is 5.69 Å². The van der Waals surface area contributed by atoms with E-state index in [4.69, 9.17) is 23.2 Å². The van der Waals surface area contributed by atoms with E-state index in [2.05, 4.69) is 15.4 Å². The first-order valence-corrected chi connectivity index (χ1v) is 7.57. The Morgan fingerprint density at radius 2 is 2.04 bits per heavy atom. The molecule has 116 valence electrons. The molecule has 0 radical (unpaired) electrons. The maximum atomic E-state index is 12.0. The van der Waals surface area contributed by atoms with Crippen molar-refractivity contribution in [3.63, 3.8) is 0 Å². The van der Waals surface area contributed by atoms with Crippen molar-refractivity contribution in [1.82, 2.24) is 14.8 Å². The lowest BCUT2D eigenvalue weighted by atomic mass is 10.2. The molecule has 0 aliphatic rings. The van der Waals surface area contributed by atoms with E-state index in [1.54, 1.807) is 53.5 Å². The van der Waals surface area contributed by atoms with Crippen LogP contribution in [0.15, 0.2) is 54.9 Å². The largest absolute Gasteiger partial charge is 0.304 e. The van der Waals surface area contributed by atoms with Gasteiger partial charge in [-0.2, -0.15) is 5.10 Å². The van der Waals surface area contributed by atoms with Crippen molar-refractivity contribution in [2.75, 3.05) is 5.32 Å². The van der Waals surface area contributed by atoms with Gasteiger partial charge in [0.05, 0.1) is 6.54 Å². The summed E-state index contributed by atoms with van der Waals surface area (Å²) in [4.78, 5) is 16.0. The van der Waals surface area contributed by atoms with E-state index in [0.29, 0.717) is 28.1 Å². The molecule has 23 heavy (non-hydrogen) atoms. The number of anilines is 1. The number of amides is 1. The Morgan fingerprint density at radius 3 is 2.78 bits per heavy atom. The van der Waals surface area contributed by atoms with Crippen molar-refractivity contribution in [1.29, 1.82) is 0 Å². The van der Waals surface area contributed by atoms with Crippen LogP contribution in [0.1, 0.15) is 16.1 Å². The third-order valence-electron chi connectivity index (χ3n) is 3.13. The molecule has 0 spiro atoms. The molecule has 0 atom stereocenters. The standard InChI is InChI=1S/C16H12Cl2N4O/c17-12-5-4-11(13(18)9-12)10-22-8-6-15(21-22)20-16(23)14-3-1-2-7-19-14/h1-9H,10H2,(H,20,21,23). The van der Waals surface area contributed by atoms with E-state index in [9.17, 15) is 4.79 Å². The molecular weight excluding hydrogens is 335 g/mol. The lowest BCUT2D eigenvalue weighted by molar-refractivity contribution is 0.102. The second-order valence-corrected chi connectivity index (χ2v) is 5.65. The summed E-state index contributed by atoms with van der Waals surface area (Å²) in [5, 5.41) is 8.16. The van der Waals surface area contributed by atoms with Gasteiger partial charge in [0.15, 0.2) is 5.82 Å². The summed E-state index contributed by atoms with van der Waals surface area (Å²) in [6.45, 7) is 0.482. The lowest BCUT2D eigenvalue weighted by Crippen LogP contribution is -2.14. The van der Waals surface area contributed by atoms with Crippen LogP contribution < -0.4 is 5.32 Å². The van der Waals surface area contributed by atoms with Crippen molar-refractivity contribution in [2.24, 2.45) is 0 Å². The van der Waals surface area contributed by atoms with Crippen LogP contribution in [0.2, 0.25) is 10.0 Å². The molecule has 0 fully saturated rings. The van der Waals surface area contributed by atoms with Crippen LogP contribution in [0.3, 0.4) is 0 Å². The first kappa shape index (κ1) is 15.5. The summed E-state index contributed by atoms with van der Waals surface area (Å²) >= 11 is 12.0. The van der Waals surface area contributed by atoms with Gasteiger partial charge in [-0.15, -0.1) is 0 Å². The number of halogens is 2. The van der Waals surface area contributed by atoms with Gasteiger partial charge in [0.2, 0.25) is 0 Å². The van der Waals surface area contributed by atoms with Crippen molar-refractivity contribution in [2.45, 2.75) is 6.54 Å². The number of hydrogen-bond donors (Lipinski definition) is 1. The molecule has 1 N–H and O–H groups in total. The molecule has 3 rings (SSSR count). The third-order valence-corrected chi connectivity index (χ3v) is 3.71. The smallest absolute Gasteiger partial charge is 0.275 e. The second kappa shape index (κ2) is 6.81. The van der Waals surface area contributed by atoms with Gasteiger partial charge in [0.25, 0.3) is 5.91 Å². The van der Waals surface area contributed by atoms with Gasteiger partial charge < -0.3 is 5.32 Å². The van der Waals surface area contributed by atoms with Crippen molar-refractivity contribution >= 4 is 34.9 Å². The molecule has 2 aromatic heterocycles. The minimum atomic E-state index is -0.305. The maximum Gasteiger partial charge on any atom is 0.275 e. The first-order chi connectivity index (χ1) is 11.1. The fraction of sp³-hybridized carbons (Fsp3) is 0.0625. The summed E-state index contributed by atoms with van der Waals surface area (Å²) in [5.41, 5.74) is 1.23. The molecule has 0 aliphatic heterocycles. The Kier molecular flexibility index (Phi) is 4.60. The Labute approximate surface area is 142 Å². The molecule has 0 saturated heterocycles. The molecule has 0 unspecified atom stereocenters. The average Bonchev–Trinajstić information content (AvgIpc) is 2.98. The molecule has 7 heteroatoms. The van der Waals surface area contributed by atoms with E-state index in [1.165, 1.54) is 0 Å². The number of carbonyl (C=O) groups is 1. The highest BCUT2D eigenvalue weighted by molar-refractivity contribution is 6.35. The predicted octanol–water partition coefficient (Wildman–Crippen LogP) is 3.89. The molecule has 0 aliphatic carbocycles. The highest BCUT2D eigenvalue weighted by atomic mass is 35.5. The number of nitrogens with one attached hydrogen (secondary N) is 1. The number of carbonyl (C=O) groups excluding carboxylic acids is 1. The zero-order chi connectivity index (χ0) is 16.2. The normalized spacial score (nSPS) is 10.5. The van der Waals surface area contributed by atoms with E-state index in [1.807, 2.05) is 6.07 Å². The topological polar surface area (TPSA) is 59.8 Å². The Hall–Kier alpha value is -2.37. The Balaban J connectivity index is 1.70. The molecule has 1 amide bonds. The Bertz CT molecular complexity index is 833. The van der Waals surface area contributed by atoms with Crippen LogP contribution in [0, 0.1) is 0 Å². The van der Waals surface area contributed by atoms with Gasteiger partial charge in [-0.3, -0.25) is 14.5 Å². The molecule has 3 aromatic rings. The maximum absolute atomic E-state index is 12.0. The van der Waals surface area contributed by atoms with E-state index >= 15 is 0 Å². The van der Waals surface area contributed by atoms with Crippen LogP contribution >= 0.6 is 23.2 Å². The molecule has 5 nitrogen and oxygen atoms in total. The van der Waals surface area contributed by atoms with Crippen molar-refractivity contribution in [3.05, 3.63) is 76.2 Å². The zero-order valence-corrected chi connectivity index (χ0v) is 13.4. The lowest BCUT2D eigenvalue weighted by Gasteiger charge is -2.05. The number of benzene rings is 1. The fourth-order valence-corrected chi connectivity index (χ4v) is 2.49. The van der Waals surface area contributed by atoms with Crippen LogP contribution in [0.25, 0.3) is 0 Å². The average molecular weight is 347 g/mol. The van der Waals surface area contributed by atoms with Gasteiger partial charge in [-0.1, -0.05) is 35.3 Å². The second-order valence-electron chi connectivity index (χ2n) is 4.80. The van der Waals surface area contributed by atoms with Crippen LogP contribution in [0.4, 0.5) is 5.82 Å². The molecule has 0 bridgehead atoms. The summed E-state index contributed by atoms with van der Waals surface area (Å²) in [6.07, 6.45) is 3.33. The number of pyridine rings is 1. The zero-order valence-electron chi connectivity index (χ0n) is 11.9. The van der Waals surface area contributed by atoms with Crippen molar-refractivity contribution in [3.8, 4) is 0 Å². The minimum absolute atomic E-state index is 0.305. The number of nitrogens with zero attached hydrogens (tertiary/aromatic N) is 3. The SMILES string of the molecule is O=C(Nc1ccn(Cc2ccc(Cl)cc2Cl)n1)c1ccccn1. The summed E-state index contributed by atoms with van der Waals surface area (Å²) in [5.74, 6) is 0.145. The van der Waals surface area contributed by atoms with Gasteiger partial charge >= 0.3 is 0 Å². The predicted molar refractivity (Wildman–Crippen MR) is 90.0 cm³/mol. The first-order valence-electron chi connectivity index (χ1n) is 6.81. The van der Waals surface area contributed by atoms with Gasteiger partial charge in [-0.05, 0) is 29.8 Å². The fourth-order valence-electron chi connectivity index (χ4n) is 2.02. The molecular formula is C16H12Cl2N4O. The van der Waals surface area contributed by atoms with Crippen LogP contribution in [-0.4, -0.2) is 20.7 Å². The highest BCUT2D eigenvalue weighted by Crippen LogP contribution is 2.21. The Morgan fingerprint density at radius 1 is 1.17 bits per heavy atom. The molecule has 1 aromatic carbocycles. The van der Waals surface area contributed by atoms with Crippen LogP contribution in [-0.2, 0) is 6.54 Å². The number of hydrogen-bond acceptors (Lipinski definition) is 3. The third kappa shape index (κ3) is 3.88. The summed E-state index contributed by atoms with van der Waals surface area (Å²) in [7, 11) is 0. The molecule has 2 heterocycles. The quantitative estimate of drug-likeness (QED) is 0.779. The summed E-state index contributed by atoms with van der Waals surface area (Å²) < 4.78 is 1.68. The van der Waals surface area contributed by atoms with Gasteiger partial charge in [0, 0.05) is 28.5 Å². The van der Waals surface area contributed by atoms with E-state index in [-0.39, 0.29) is 5.91 Å². The molecule has 0 saturated carbocycles. The number of rotatable bonds is 4. The minimum Gasteiger partial charge on any atom is -0.304 e. The highest BCUT2D eigenvalue weighted by Gasteiger charge is 2.09. The number of aromatic nitrogens is 3. The van der Waals surface area contributed by atoms with Gasteiger partial charge in [-0.25, -0.2) is 0 Å². The van der Waals surface area contributed by atoms with E-state index in [0.717, 1.165) is 5.56 Å². The van der Waals surface area contributed by atoms with Crippen LogP contribution in [0.5, 0.6) is 0 Å². The van der Waals surface area contributed by atoms with Crippen molar-refractivity contribution < 1.29 is 4.79 Å². The summed E-state index contributed by atoms with van der Waals surface area (Å²) in [6, 6.07) is 12.2. The monoisotopic (exact) mass is 346 g/mol. The van der Waals surface area contributed by atoms with E-state index < -0.39 is 0 Å².